The van der Waals surface area contributed by atoms with Crippen LogP contribution in [0.5, 0.6) is 0 Å². The molecule has 6 nitrogen and oxygen atoms in total. The van der Waals surface area contributed by atoms with Gasteiger partial charge in [0.1, 0.15) is 0 Å². The third-order valence-electron chi connectivity index (χ3n) is 2.55. The minimum Gasteiger partial charge on any atom is -0.341 e. The Morgan fingerprint density at radius 1 is 1.35 bits per heavy atom. The first kappa shape index (κ1) is 15.9. The molecule has 0 radical (unpaired) electrons. The number of nitrogens with one attached hydrogen (secondary N) is 2. The van der Waals surface area contributed by atoms with Gasteiger partial charge in [-0.3, -0.25) is 15.0 Å². The first-order valence-corrected chi connectivity index (χ1v) is 6.03. The summed E-state index contributed by atoms with van der Waals surface area (Å²) in [4.78, 5) is 24.8. The van der Waals surface area contributed by atoms with Crippen molar-refractivity contribution in [3.63, 3.8) is 0 Å². The molecule has 0 fully saturated rings. The highest BCUT2D eigenvalue weighted by Gasteiger charge is 2.21. The maximum absolute atomic E-state index is 11.7. The number of imide groups is 1. The monoisotopic (exact) mass is 244 g/mol. The number of nitrogens with two attached hydrogens (primary N) is 1. The summed E-state index contributed by atoms with van der Waals surface area (Å²) in [6.07, 6.45) is 1.81. The van der Waals surface area contributed by atoms with Crippen molar-refractivity contribution in [1.29, 1.82) is 0 Å². The van der Waals surface area contributed by atoms with E-state index in [0.29, 0.717) is 6.54 Å². The highest BCUT2D eigenvalue weighted by molar-refractivity contribution is 5.96. The number of hydrogen-bond donors (Lipinski definition) is 3. The molecule has 0 aliphatic carbocycles. The summed E-state index contributed by atoms with van der Waals surface area (Å²) in [7, 11) is 1.48. The summed E-state index contributed by atoms with van der Waals surface area (Å²) >= 11 is 0. The number of amides is 3. The van der Waals surface area contributed by atoms with Crippen molar-refractivity contribution in [3.05, 3.63) is 0 Å². The van der Waals surface area contributed by atoms with E-state index in [1.165, 1.54) is 7.05 Å². The molecule has 0 aromatic carbocycles. The molecule has 17 heavy (non-hydrogen) atoms. The van der Waals surface area contributed by atoms with Crippen molar-refractivity contribution in [1.82, 2.24) is 15.5 Å². The lowest BCUT2D eigenvalue weighted by Crippen LogP contribution is -2.49. The van der Waals surface area contributed by atoms with Crippen LogP contribution in [-0.2, 0) is 4.79 Å². The maximum Gasteiger partial charge on any atom is 0.321 e. The molecule has 0 aromatic heterocycles. The molecule has 0 heterocycles. The Morgan fingerprint density at radius 2 is 2.00 bits per heavy atom. The zero-order valence-electron chi connectivity index (χ0n) is 11.0. The normalized spacial score (nSPS) is 12.3. The lowest BCUT2D eigenvalue weighted by atomic mass is 10.2. The zero-order chi connectivity index (χ0) is 13.3. The molecule has 0 aliphatic heterocycles. The lowest BCUT2D eigenvalue weighted by molar-refractivity contribution is -0.124. The average Bonchev–Trinajstić information content (AvgIpc) is 2.33. The minimum atomic E-state index is -0.475. The molecular formula is C11H24N4O2. The minimum absolute atomic E-state index is 0.283. The van der Waals surface area contributed by atoms with E-state index in [1.807, 2.05) is 4.90 Å². The van der Waals surface area contributed by atoms with Gasteiger partial charge in [0.25, 0.3) is 0 Å². The van der Waals surface area contributed by atoms with Crippen LogP contribution in [-0.4, -0.2) is 49.6 Å². The SMILES string of the molecule is CCCN(CCCN)C(C)C(=O)NC(=O)NC. The molecule has 6 heteroatoms. The van der Waals surface area contributed by atoms with Crippen LogP contribution in [0.1, 0.15) is 26.7 Å². The Bertz CT molecular complexity index is 246. The summed E-state index contributed by atoms with van der Waals surface area (Å²) in [6, 6.07) is -0.795. The standard InChI is InChI=1S/C11H24N4O2/c1-4-7-15(8-5-6-12)9(2)10(16)14-11(17)13-3/h9H,4-8,12H2,1-3H3,(H2,13,14,16,17). The molecule has 0 saturated heterocycles. The Labute approximate surface area is 103 Å². The summed E-state index contributed by atoms with van der Waals surface area (Å²) in [5, 5.41) is 4.64. The van der Waals surface area contributed by atoms with Gasteiger partial charge in [-0.25, -0.2) is 4.79 Å². The van der Waals surface area contributed by atoms with Gasteiger partial charge in [0.15, 0.2) is 0 Å². The van der Waals surface area contributed by atoms with Crippen LogP contribution in [0.25, 0.3) is 0 Å². The Morgan fingerprint density at radius 3 is 2.47 bits per heavy atom. The quantitative estimate of drug-likeness (QED) is 0.583. The second kappa shape index (κ2) is 8.95. The largest absolute Gasteiger partial charge is 0.341 e. The second-order valence-electron chi connectivity index (χ2n) is 3.92. The van der Waals surface area contributed by atoms with Gasteiger partial charge in [-0.15, -0.1) is 0 Å². The predicted octanol–water partition coefficient (Wildman–Crippen LogP) is -0.109. The van der Waals surface area contributed by atoms with E-state index in [2.05, 4.69) is 17.6 Å². The second-order valence-corrected chi connectivity index (χ2v) is 3.92. The van der Waals surface area contributed by atoms with E-state index < -0.39 is 6.03 Å². The molecule has 100 valence electrons. The fraction of sp³-hybridized carbons (Fsp3) is 0.818. The third-order valence-corrected chi connectivity index (χ3v) is 2.55. The molecule has 4 N–H and O–H groups in total. The summed E-state index contributed by atoms with van der Waals surface area (Å²) in [5.41, 5.74) is 5.46. The molecule has 0 spiro atoms. The molecule has 0 aliphatic rings. The summed E-state index contributed by atoms with van der Waals surface area (Å²) in [5.74, 6) is -0.283. The van der Waals surface area contributed by atoms with Crippen LogP contribution < -0.4 is 16.4 Å². The number of carbonyl (C=O) groups is 2. The van der Waals surface area contributed by atoms with Crippen LogP contribution in [0.2, 0.25) is 0 Å². The van der Waals surface area contributed by atoms with Crippen molar-refractivity contribution < 1.29 is 9.59 Å². The fourth-order valence-electron chi connectivity index (χ4n) is 1.53. The highest BCUT2D eigenvalue weighted by atomic mass is 16.2. The number of nitrogens with zero attached hydrogens (tertiary/aromatic N) is 1. The molecule has 0 saturated carbocycles. The molecule has 3 amide bonds. The van der Waals surface area contributed by atoms with E-state index in [1.54, 1.807) is 6.92 Å². The maximum atomic E-state index is 11.7. The van der Waals surface area contributed by atoms with Crippen LogP contribution in [0, 0.1) is 0 Å². The first-order chi connectivity index (χ1) is 8.06. The summed E-state index contributed by atoms with van der Waals surface area (Å²) in [6.45, 7) is 6.04. The van der Waals surface area contributed by atoms with Crippen molar-refractivity contribution in [3.8, 4) is 0 Å². The van der Waals surface area contributed by atoms with Crippen molar-refractivity contribution in [2.75, 3.05) is 26.7 Å². The van der Waals surface area contributed by atoms with Crippen molar-refractivity contribution in [2.24, 2.45) is 5.73 Å². The molecule has 0 rings (SSSR count). The van der Waals surface area contributed by atoms with Gasteiger partial charge in [-0.1, -0.05) is 6.92 Å². The van der Waals surface area contributed by atoms with Crippen LogP contribution in [0.15, 0.2) is 0 Å². The molecule has 0 bridgehead atoms. The topological polar surface area (TPSA) is 87.5 Å². The van der Waals surface area contributed by atoms with Crippen LogP contribution in [0.4, 0.5) is 4.79 Å². The molecular weight excluding hydrogens is 220 g/mol. The number of carbonyl (C=O) groups excluding carboxylic acids is 2. The van der Waals surface area contributed by atoms with Gasteiger partial charge in [0, 0.05) is 13.6 Å². The molecule has 1 atom stereocenters. The van der Waals surface area contributed by atoms with Gasteiger partial charge in [0.2, 0.25) is 5.91 Å². The molecule has 1 unspecified atom stereocenters. The van der Waals surface area contributed by atoms with Crippen LogP contribution in [0.3, 0.4) is 0 Å². The summed E-state index contributed by atoms with van der Waals surface area (Å²) < 4.78 is 0. The van der Waals surface area contributed by atoms with E-state index in [4.69, 9.17) is 5.73 Å². The number of rotatable bonds is 7. The third kappa shape index (κ3) is 6.23. The lowest BCUT2D eigenvalue weighted by Gasteiger charge is -2.27. The van der Waals surface area contributed by atoms with Crippen molar-refractivity contribution >= 4 is 11.9 Å². The average molecular weight is 244 g/mol. The van der Waals surface area contributed by atoms with E-state index in [-0.39, 0.29) is 11.9 Å². The Kier molecular flexibility index (Phi) is 8.35. The van der Waals surface area contributed by atoms with Gasteiger partial charge in [0.05, 0.1) is 6.04 Å². The van der Waals surface area contributed by atoms with Crippen LogP contribution >= 0.6 is 0 Å². The van der Waals surface area contributed by atoms with E-state index in [0.717, 1.165) is 25.9 Å². The highest BCUT2D eigenvalue weighted by Crippen LogP contribution is 2.02. The fourth-order valence-corrected chi connectivity index (χ4v) is 1.53. The van der Waals surface area contributed by atoms with Gasteiger partial charge >= 0.3 is 6.03 Å². The smallest absolute Gasteiger partial charge is 0.321 e. The van der Waals surface area contributed by atoms with Crippen molar-refractivity contribution in [2.45, 2.75) is 32.7 Å². The van der Waals surface area contributed by atoms with Gasteiger partial charge < -0.3 is 11.1 Å². The van der Waals surface area contributed by atoms with Gasteiger partial charge in [-0.2, -0.15) is 0 Å². The predicted molar refractivity (Wildman–Crippen MR) is 67.6 cm³/mol. The number of hydrogen-bond acceptors (Lipinski definition) is 4. The van der Waals surface area contributed by atoms with E-state index in [9.17, 15) is 9.59 Å². The van der Waals surface area contributed by atoms with Gasteiger partial charge in [-0.05, 0) is 32.9 Å². The van der Waals surface area contributed by atoms with E-state index >= 15 is 0 Å². The number of urea groups is 1. The zero-order valence-corrected chi connectivity index (χ0v) is 11.0. The molecule has 0 aromatic rings. The Hall–Kier alpha value is -1.14. The Balaban J connectivity index is 4.31. The first-order valence-electron chi connectivity index (χ1n) is 6.03.